The highest BCUT2D eigenvalue weighted by atomic mass is 16.6. The molecule has 154 valence electrons. The number of nitro groups is 1. The zero-order chi connectivity index (χ0) is 21.8. The van der Waals surface area contributed by atoms with Crippen LogP contribution in [0.3, 0.4) is 0 Å². The molecule has 1 N–H and O–H groups in total. The van der Waals surface area contributed by atoms with E-state index in [0.717, 1.165) is 0 Å². The van der Waals surface area contributed by atoms with Gasteiger partial charge in [0.1, 0.15) is 0 Å². The van der Waals surface area contributed by atoms with Gasteiger partial charge in [-0.2, -0.15) is 0 Å². The Kier molecular flexibility index (Phi) is 5.77. The molecule has 2 aromatic rings. The van der Waals surface area contributed by atoms with Gasteiger partial charge in [0.15, 0.2) is 17.2 Å². The van der Waals surface area contributed by atoms with Crippen LogP contribution in [0.4, 0.5) is 11.4 Å². The van der Waals surface area contributed by atoms with Crippen LogP contribution in [0.15, 0.2) is 47.1 Å². The van der Waals surface area contributed by atoms with E-state index in [1.54, 1.807) is 24.3 Å². The Balaban J connectivity index is 1.98. The van der Waals surface area contributed by atoms with Gasteiger partial charge in [-0.3, -0.25) is 14.9 Å². The normalized spacial score (nSPS) is 14.2. The number of carbonyl (C=O) groups is 2. The average molecular weight is 411 g/mol. The van der Waals surface area contributed by atoms with E-state index >= 15 is 0 Å². The average Bonchev–Trinajstić information content (AvgIpc) is 3.07. The monoisotopic (exact) mass is 411 g/mol. The number of rotatable bonds is 6. The third-order valence-electron chi connectivity index (χ3n) is 4.09. The summed E-state index contributed by atoms with van der Waals surface area (Å²) in [5.41, 5.74) is 0.800. The van der Waals surface area contributed by atoms with Crippen LogP contribution < -0.4 is 14.8 Å². The van der Waals surface area contributed by atoms with Gasteiger partial charge < -0.3 is 19.5 Å². The molecule has 30 heavy (non-hydrogen) atoms. The number of esters is 1. The van der Waals surface area contributed by atoms with Crippen molar-refractivity contribution in [3.63, 3.8) is 0 Å². The number of benzene rings is 2. The predicted molar refractivity (Wildman–Crippen MR) is 108 cm³/mol. The fourth-order valence-corrected chi connectivity index (χ4v) is 2.74. The first kappa shape index (κ1) is 20.5. The fraction of sp³-hybridized carbons (Fsp3) is 0.150. The summed E-state index contributed by atoms with van der Waals surface area (Å²) in [5, 5.41) is 14.1. The van der Waals surface area contributed by atoms with Crippen molar-refractivity contribution in [2.75, 3.05) is 19.5 Å². The molecule has 0 aromatic heterocycles. The van der Waals surface area contributed by atoms with Crippen molar-refractivity contribution in [3.8, 4) is 11.5 Å². The van der Waals surface area contributed by atoms with E-state index in [9.17, 15) is 19.7 Å². The van der Waals surface area contributed by atoms with Crippen LogP contribution in [0.25, 0.3) is 6.08 Å². The Labute approximate surface area is 170 Å². The SMILES string of the molecule is COc1cc(C=C2N=C(c3ccc(NC(C)=O)cc3)OC2=O)c([N+](=O)[O-])cc1OC. The molecule has 0 saturated carbocycles. The lowest BCUT2D eigenvalue weighted by Crippen LogP contribution is -2.07. The van der Waals surface area contributed by atoms with Gasteiger partial charge in [-0.15, -0.1) is 0 Å². The molecule has 0 spiro atoms. The molecule has 1 aliphatic rings. The van der Waals surface area contributed by atoms with Crippen LogP contribution in [-0.2, 0) is 14.3 Å². The molecule has 0 unspecified atom stereocenters. The van der Waals surface area contributed by atoms with Crippen molar-refractivity contribution in [2.45, 2.75) is 6.92 Å². The fourth-order valence-electron chi connectivity index (χ4n) is 2.74. The lowest BCUT2D eigenvalue weighted by molar-refractivity contribution is -0.385. The molecule has 0 aliphatic carbocycles. The molecule has 0 fully saturated rings. The van der Waals surface area contributed by atoms with Gasteiger partial charge in [-0.25, -0.2) is 9.79 Å². The molecule has 0 radical (unpaired) electrons. The maximum Gasteiger partial charge on any atom is 0.363 e. The Bertz CT molecular complexity index is 1090. The molecule has 1 heterocycles. The number of hydrogen-bond donors (Lipinski definition) is 1. The number of methoxy groups -OCH3 is 2. The number of hydrogen-bond acceptors (Lipinski definition) is 8. The Morgan fingerprint density at radius 3 is 2.37 bits per heavy atom. The highest BCUT2D eigenvalue weighted by molar-refractivity contribution is 6.13. The lowest BCUT2D eigenvalue weighted by atomic mass is 10.1. The number of nitrogens with zero attached hydrogens (tertiary/aromatic N) is 2. The van der Waals surface area contributed by atoms with Crippen molar-refractivity contribution >= 4 is 35.2 Å². The summed E-state index contributed by atoms with van der Waals surface area (Å²) in [7, 11) is 2.76. The minimum atomic E-state index is -0.750. The maximum absolute atomic E-state index is 12.2. The summed E-state index contributed by atoms with van der Waals surface area (Å²) >= 11 is 0. The van der Waals surface area contributed by atoms with Crippen LogP contribution in [0.5, 0.6) is 11.5 Å². The molecule has 0 bridgehead atoms. The molecule has 2 aromatic carbocycles. The maximum atomic E-state index is 12.2. The topological polar surface area (TPSA) is 129 Å². The van der Waals surface area contributed by atoms with Crippen LogP contribution in [-0.4, -0.2) is 36.9 Å². The van der Waals surface area contributed by atoms with Gasteiger partial charge in [-0.1, -0.05) is 0 Å². The van der Waals surface area contributed by atoms with Crippen molar-refractivity contribution in [1.29, 1.82) is 0 Å². The smallest absolute Gasteiger partial charge is 0.363 e. The van der Waals surface area contributed by atoms with Gasteiger partial charge in [-0.05, 0) is 36.4 Å². The second-order valence-corrected chi connectivity index (χ2v) is 6.12. The van der Waals surface area contributed by atoms with Crippen molar-refractivity contribution in [3.05, 3.63) is 63.3 Å². The molecule has 1 amide bonds. The van der Waals surface area contributed by atoms with E-state index in [-0.39, 0.29) is 40.3 Å². The largest absolute Gasteiger partial charge is 0.493 e. The van der Waals surface area contributed by atoms with Gasteiger partial charge in [0.05, 0.1) is 30.8 Å². The van der Waals surface area contributed by atoms with Crippen LogP contribution in [0, 0.1) is 10.1 Å². The Morgan fingerprint density at radius 2 is 1.80 bits per heavy atom. The van der Waals surface area contributed by atoms with Crippen molar-refractivity contribution in [1.82, 2.24) is 0 Å². The Hall–Kier alpha value is -4.21. The molecule has 3 rings (SSSR count). The van der Waals surface area contributed by atoms with E-state index in [2.05, 4.69) is 10.3 Å². The van der Waals surface area contributed by atoms with Gasteiger partial charge in [0.25, 0.3) is 5.69 Å². The Morgan fingerprint density at radius 1 is 1.17 bits per heavy atom. The molecular formula is C20H17N3O7. The highest BCUT2D eigenvalue weighted by Crippen LogP contribution is 2.36. The second kappa shape index (κ2) is 8.43. The zero-order valence-electron chi connectivity index (χ0n) is 16.3. The van der Waals surface area contributed by atoms with E-state index < -0.39 is 10.9 Å². The van der Waals surface area contributed by atoms with Crippen LogP contribution in [0.2, 0.25) is 0 Å². The number of ether oxygens (including phenoxy) is 3. The van der Waals surface area contributed by atoms with Gasteiger partial charge in [0.2, 0.25) is 11.8 Å². The molecule has 10 nitrogen and oxygen atoms in total. The van der Waals surface area contributed by atoms with Crippen LogP contribution in [0.1, 0.15) is 18.1 Å². The van der Waals surface area contributed by atoms with E-state index in [1.807, 2.05) is 0 Å². The molecular weight excluding hydrogens is 394 g/mol. The third kappa shape index (κ3) is 4.27. The quantitative estimate of drug-likeness (QED) is 0.335. The zero-order valence-corrected chi connectivity index (χ0v) is 16.3. The number of nitrogens with one attached hydrogen (secondary N) is 1. The van der Waals surface area contributed by atoms with Gasteiger partial charge in [0, 0.05) is 18.2 Å². The molecule has 1 aliphatic heterocycles. The number of anilines is 1. The predicted octanol–water partition coefficient (Wildman–Crippen LogP) is 2.91. The van der Waals surface area contributed by atoms with Crippen molar-refractivity contribution < 1.29 is 28.7 Å². The van der Waals surface area contributed by atoms with Crippen LogP contribution >= 0.6 is 0 Å². The summed E-state index contributed by atoms with van der Waals surface area (Å²) in [4.78, 5) is 38.3. The first-order chi connectivity index (χ1) is 14.3. The minimum absolute atomic E-state index is 0.0451. The minimum Gasteiger partial charge on any atom is -0.493 e. The third-order valence-corrected chi connectivity index (χ3v) is 4.09. The first-order valence-electron chi connectivity index (χ1n) is 8.63. The molecule has 0 atom stereocenters. The van der Waals surface area contributed by atoms with E-state index in [0.29, 0.717) is 11.3 Å². The summed E-state index contributed by atoms with van der Waals surface area (Å²) in [6.07, 6.45) is 1.25. The van der Waals surface area contributed by atoms with E-state index in [4.69, 9.17) is 14.2 Å². The van der Waals surface area contributed by atoms with Gasteiger partial charge >= 0.3 is 5.97 Å². The van der Waals surface area contributed by atoms with Crippen molar-refractivity contribution in [2.24, 2.45) is 4.99 Å². The number of carbonyl (C=O) groups excluding carboxylic acids is 2. The number of amides is 1. The molecule has 0 saturated heterocycles. The number of aliphatic imine (C=N–C) groups is 1. The first-order valence-corrected chi connectivity index (χ1v) is 8.63. The number of nitro benzene ring substituents is 1. The highest BCUT2D eigenvalue weighted by Gasteiger charge is 2.26. The molecule has 10 heteroatoms. The lowest BCUT2D eigenvalue weighted by Gasteiger charge is -2.08. The summed E-state index contributed by atoms with van der Waals surface area (Å²) < 4.78 is 15.4. The summed E-state index contributed by atoms with van der Waals surface area (Å²) in [6, 6.07) is 9.10. The summed E-state index contributed by atoms with van der Waals surface area (Å²) in [5.74, 6) is -0.472. The number of cyclic esters (lactones) is 1. The van der Waals surface area contributed by atoms with E-state index in [1.165, 1.54) is 39.4 Å². The second-order valence-electron chi connectivity index (χ2n) is 6.12. The standard InChI is InChI=1S/C20H17N3O7/c1-11(24)21-14-6-4-12(5-7-14)19-22-15(20(25)30-19)8-13-9-17(28-2)18(29-3)10-16(13)23(26)27/h4-10H,1-3H3,(H,21,24). The summed E-state index contributed by atoms with van der Waals surface area (Å²) in [6.45, 7) is 1.39.